The van der Waals surface area contributed by atoms with Crippen molar-refractivity contribution in [2.75, 3.05) is 11.9 Å². The van der Waals surface area contributed by atoms with Crippen molar-refractivity contribution in [1.82, 2.24) is 5.32 Å². The van der Waals surface area contributed by atoms with Crippen molar-refractivity contribution in [3.8, 4) is 0 Å². The maximum Gasteiger partial charge on any atom is 0.319 e. The molecule has 1 rings (SSSR count). The second-order valence-electron chi connectivity index (χ2n) is 5.68. The average Bonchev–Trinajstić information content (AvgIpc) is 2.41. The Kier molecular flexibility index (Phi) is 5.87. The van der Waals surface area contributed by atoms with E-state index in [-0.39, 0.29) is 12.3 Å². The highest BCUT2D eigenvalue weighted by atomic mass is 16.6. The summed E-state index contributed by atoms with van der Waals surface area (Å²) in [6, 6.07) is 2.58. The minimum absolute atomic E-state index is 0.0281. The van der Waals surface area contributed by atoms with E-state index in [0.29, 0.717) is 24.1 Å². The van der Waals surface area contributed by atoms with Gasteiger partial charge in [0.2, 0.25) is 0 Å². The van der Waals surface area contributed by atoms with Crippen LogP contribution in [0.25, 0.3) is 0 Å². The minimum Gasteiger partial charge on any atom is -0.396 e. The molecule has 1 aromatic rings. The number of aryl methyl sites for hydroxylation is 2. The van der Waals surface area contributed by atoms with Crippen molar-refractivity contribution >= 4 is 17.4 Å². The van der Waals surface area contributed by atoms with Crippen LogP contribution >= 0.6 is 0 Å². The van der Waals surface area contributed by atoms with Gasteiger partial charge >= 0.3 is 6.03 Å². The normalized spacial score (nSPS) is 13.3. The van der Waals surface area contributed by atoms with Gasteiger partial charge < -0.3 is 15.7 Å². The van der Waals surface area contributed by atoms with Crippen molar-refractivity contribution in [2.24, 2.45) is 0 Å². The van der Waals surface area contributed by atoms with Crippen molar-refractivity contribution in [3.05, 3.63) is 33.4 Å². The first-order valence-corrected chi connectivity index (χ1v) is 7.18. The van der Waals surface area contributed by atoms with Crippen LogP contribution in [0.1, 0.15) is 37.8 Å². The molecule has 0 aliphatic rings. The number of amides is 2. The Morgan fingerprint density at radius 2 is 2.00 bits per heavy atom. The Labute approximate surface area is 129 Å². The number of hydrogen-bond donors (Lipinski definition) is 3. The lowest BCUT2D eigenvalue weighted by atomic mass is 9.95. The zero-order valence-electron chi connectivity index (χ0n) is 13.4. The van der Waals surface area contributed by atoms with Crippen LogP contribution in [0.5, 0.6) is 0 Å². The van der Waals surface area contributed by atoms with E-state index in [1.165, 1.54) is 6.07 Å². The second kappa shape index (κ2) is 7.22. The van der Waals surface area contributed by atoms with Gasteiger partial charge in [-0.2, -0.15) is 0 Å². The fraction of sp³-hybridized carbons (Fsp3) is 0.533. The first-order valence-electron chi connectivity index (χ1n) is 7.18. The SMILES string of the molecule is CC[C@](C)(CCO)NC(=O)Nc1cc([N+](=O)[O-])c(C)cc1C. The van der Waals surface area contributed by atoms with Crippen LogP contribution in [0.2, 0.25) is 0 Å². The van der Waals surface area contributed by atoms with Gasteiger partial charge in [0.05, 0.1) is 10.6 Å². The molecule has 0 heterocycles. The number of aliphatic hydroxyl groups excluding tert-OH is 1. The summed E-state index contributed by atoms with van der Waals surface area (Å²) in [7, 11) is 0. The number of carbonyl (C=O) groups is 1. The van der Waals surface area contributed by atoms with E-state index in [9.17, 15) is 14.9 Å². The topological polar surface area (TPSA) is 104 Å². The molecule has 22 heavy (non-hydrogen) atoms. The molecule has 1 aromatic carbocycles. The maximum atomic E-state index is 12.1. The smallest absolute Gasteiger partial charge is 0.319 e. The fourth-order valence-electron chi connectivity index (χ4n) is 2.17. The monoisotopic (exact) mass is 309 g/mol. The van der Waals surface area contributed by atoms with Crippen molar-refractivity contribution in [2.45, 2.75) is 46.1 Å². The molecule has 0 aliphatic carbocycles. The lowest BCUT2D eigenvalue weighted by molar-refractivity contribution is -0.385. The van der Waals surface area contributed by atoms with Gasteiger partial charge in [-0.3, -0.25) is 10.1 Å². The number of nitrogens with zero attached hydrogens (tertiary/aromatic N) is 1. The number of nitro benzene ring substituents is 1. The summed E-state index contributed by atoms with van der Waals surface area (Å²) in [4.78, 5) is 22.6. The van der Waals surface area contributed by atoms with E-state index in [1.54, 1.807) is 19.9 Å². The molecule has 2 amide bonds. The molecule has 0 aromatic heterocycles. The number of aliphatic hydroxyl groups is 1. The van der Waals surface area contributed by atoms with E-state index in [0.717, 1.165) is 5.56 Å². The molecule has 0 radical (unpaired) electrons. The third-order valence-corrected chi connectivity index (χ3v) is 3.85. The van der Waals surface area contributed by atoms with Crippen LogP contribution in [-0.4, -0.2) is 28.2 Å². The Hall–Kier alpha value is -2.15. The predicted molar refractivity (Wildman–Crippen MR) is 85.1 cm³/mol. The third kappa shape index (κ3) is 4.42. The van der Waals surface area contributed by atoms with Gasteiger partial charge in [0.1, 0.15) is 0 Å². The first kappa shape index (κ1) is 17.9. The van der Waals surface area contributed by atoms with Gasteiger partial charge in [0.25, 0.3) is 5.69 Å². The summed E-state index contributed by atoms with van der Waals surface area (Å²) in [6.07, 6.45) is 1.10. The molecule has 3 N–H and O–H groups in total. The number of urea groups is 1. The number of nitro groups is 1. The molecule has 1 atom stereocenters. The molecule has 122 valence electrons. The number of hydrogen-bond acceptors (Lipinski definition) is 4. The molecular formula is C15H23N3O4. The Morgan fingerprint density at radius 1 is 1.36 bits per heavy atom. The molecule has 7 nitrogen and oxygen atoms in total. The number of anilines is 1. The molecule has 0 saturated carbocycles. The molecule has 0 spiro atoms. The van der Waals surface area contributed by atoms with E-state index in [2.05, 4.69) is 10.6 Å². The minimum atomic E-state index is -0.524. The fourth-order valence-corrected chi connectivity index (χ4v) is 2.17. The van der Waals surface area contributed by atoms with Crippen LogP contribution in [0, 0.1) is 24.0 Å². The number of carbonyl (C=O) groups excluding carboxylic acids is 1. The lowest BCUT2D eigenvalue weighted by Gasteiger charge is -2.29. The summed E-state index contributed by atoms with van der Waals surface area (Å²) in [6.45, 7) is 7.16. The highest BCUT2D eigenvalue weighted by Gasteiger charge is 2.24. The average molecular weight is 309 g/mol. The van der Waals surface area contributed by atoms with Crippen molar-refractivity contribution in [3.63, 3.8) is 0 Å². The second-order valence-corrected chi connectivity index (χ2v) is 5.68. The van der Waals surface area contributed by atoms with Crippen LogP contribution in [0.15, 0.2) is 12.1 Å². The summed E-state index contributed by atoms with van der Waals surface area (Å²) in [5.74, 6) is 0. The van der Waals surface area contributed by atoms with Crippen molar-refractivity contribution in [1.29, 1.82) is 0 Å². The molecule has 0 saturated heterocycles. The number of nitrogens with one attached hydrogen (secondary N) is 2. The molecule has 7 heteroatoms. The number of benzene rings is 1. The maximum absolute atomic E-state index is 12.1. The number of rotatable bonds is 6. The Morgan fingerprint density at radius 3 is 2.50 bits per heavy atom. The van der Waals surface area contributed by atoms with Gasteiger partial charge in [-0.15, -0.1) is 0 Å². The molecule has 0 bridgehead atoms. The van der Waals surface area contributed by atoms with E-state index in [1.807, 2.05) is 13.8 Å². The highest BCUT2D eigenvalue weighted by molar-refractivity contribution is 5.91. The largest absolute Gasteiger partial charge is 0.396 e. The molecule has 0 fully saturated rings. The molecule has 0 unspecified atom stereocenters. The van der Waals surface area contributed by atoms with Crippen molar-refractivity contribution < 1.29 is 14.8 Å². The quantitative estimate of drug-likeness (QED) is 0.555. The summed E-state index contributed by atoms with van der Waals surface area (Å²) in [5.41, 5.74) is 1.14. The van der Waals surface area contributed by atoms with Gasteiger partial charge in [-0.25, -0.2) is 4.79 Å². The van der Waals surface area contributed by atoms with Crippen LogP contribution in [0.3, 0.4) is 0 Å². The van der Waals surface area contributed by atoms with E-state index < -0.39 is 16.5 Å². The summed E-state index contributed by atoms with van der Waals surface area (Å²) >= 11 is 0. The Balaban J connectivity index is 2.93. The highest BCUT2D eigenvalue weighted by Crippen LogP contribution is 2.26. The van der Waals surface area contributed by atoms with Crippen LogP contribution in [-0.2, 0) is 0 Å². The zero-order chi connectivity index (χ0) is 16.9. The molecule has 0 aliphatic heterocycles. The van der Waals surface area contributed by atoms with E-state index >= 15 is 0 Å². The third-order valence-electron chi connectivity index (χ3n) is 3.85. The molecular weight excluding hydrogens is 286 g/mol. The lowest BCUT2D eigenvalue weighted by Crippen LogP contribution is -2.48. The first-order chi connectivity index (χ1) is 10.2. The van der Waals surface area contributed by atoms with Gasteiger partial charge in [0, 0.05) is 23.8 Å². The standard InChI is InChI=1S/C15H23N3O4/c1-5-15(4,6-7-19)17-14(20)16-12-9-13(18(21)22)11(3)8-10(12)2/h8-9,19H,5-7H2,1-4H3,(H2,16,17,20)/t15-/m1/s1. The van der Waals surface area contributed by atoms with Gasteiger partial charge in [0.15, 0.2) is 0 Å². The predicted octanol–water partition coefficient (Wildman–Crippen LogP) is 2.88. The van der Waals surface area contributed by atoms with Gasteiger partial charge in [-0.1, -0.05) is 6.92 Å². The van der Waals surface area contributed by atoms with Gasteiger partial charge in [-0.05, 0) is 45.2 Å². The zero-order valence-corrected chi connectivity index (χ0v) is 13.4. The Bertz CT molecular complexity index is 574. The van der Waals surface area contributed by atoms with Crippen LogP contribution < -0.4 is 10.6 Å². The summed E-state index contributed by atoms with van der Waals surface area (Å²) < 4.78 is 0. The van der Waals surface area contributed by atoms with Crippen LogP contribution in [0.4, 0.5) is 16.2 Å². The van der Waals surface area contributed by atoms with E-state index in [4.69, 9.17) is 5.11 Å². The summed E-state index contributed by atoms with van der Waals surface area (Å²) in [5, 5.41) is 25.5.